The van der Waals surface area contributed by atoms with E-state index in [4.69, 9.17) is 5.73 Å². The number of rotatable bonds is 15. The van der Waals surface area contributed by atoms with Crippen LogP contribution < -0.4 is 5.73 Å². The van der Waals surface area contributed by atoms with Gasteiger partial charge in [0.1, 0.15) is 0 Å². The Morgan fingerprint density at radius 2 is 1.00 bits per heavy atom. The molecule has 0 aromatic carbocycles. The van der Waals surface area contributed by atoms with Crippen molar-refractivity contribution in [2.75, 3.05) is 6.54 Å². The number of allylic oxidation sites excluding steroid dienone is 2. The van der Waals surface area contributed by atoms with E-state index in [1.165, 1.54) is 89.9 Å². The number of hydrogen-bond acceptors (Lipinski definition) is 1. The van der Waals surface area contributed by atoms with Crippen LogP contribution in [0.4, 0.5) is 0 Å². The molecule has 1 nitrogen and oxygen atoms in total. The van der Waals surface area contributed by atoms with Crippen LogP contribution in [0.2, 0.25) is 0 Å². The molecule has 0 unspecified atom stereocenters. The fourth-order valence-electron chi connectivity index (χ4n) is 2.39. The first-order valence-electron chi connectivity index (χ1n) is 8.77. The minimum absolute atomic E-state index is 0. The van der Waals surface area contributed by atoms with Gasteiger partial charge in [0.2, 0.25) is 0 Å². The Balaban J connectivity index is 0. The van der Waals surface area contributed by atoms with Gasteiger partial charge in [0, 0.05) is 21.7 Å². The third-order valence-electron chi connectivity index (χ3n) is 3.72. The van der Waals surface area contributed by atoms with Crippen LogP contribution in [0.25, 0.3) is 0 Å². The Labute approximate surface area is 143 Å². The molecule has 0 aromatic heterocycles. The zero-order chi connectivity index (χ0) is 14.0. The Kier molecular flexibility index (Phi) is 24.6. The normalized spacial score (nSPS) is 10.9. The van der Waals surface area contributed by atoms with Gasteiger partial charge in [-0.3, -0.25) is 0 Å². The topological polar surface area (TPSA) is 26.0 Å². The summed E-state index contributed by atoms with van der Waals surface area (Å²) in [6, 6.07) is 0. The fourth-order valence-corrected chi connectivity index (χ4v) is 2.39. The van der Waals surface area contributed by atoms with E-state index in [-0.39, 0.29) is 21.7 Å². The van der Waals surface area contributed by atoms with Crippen molar-refractivity contribution in [3.8, 4) is 0 Å². The van der Waals surface area contributed by atoms with Crippen LogP contribution in [0.3, 0.4) is 0 Å². The summed E-state index contributed by atoms with van der Waals surface area (Å²) in [6.45, 7) is 3.14. The second-order valence-corrected chi connectivity index (χ2v) is 5.73. The van der Waals surface area contributed by atoms with Crippen LogP contribution in [-0.2, 0) is 21.7 Å². The van der Waals surface area contributed by atoms with Gasteiger partial charge in [-0.2, -0.15) is 0 Å². The minimum atomic E-state index is 0. The van der Waals surface area contributed by atoms with Crippen molar-refractivity contribution in [2.24, 2.45) is 5.73 Å². The van der Waals surface area contributed by atoms with Crippen LogP contribution >= 0.6 is 0 Å². The zero-order valence-corrected chi connectivity index (χ0v) is 15.4. The summed E-state index contributed by atoms with van der Waals surface area (Å²) < 4.78 is 0. The average molecular weight is 315 g/mol. The minimum Gasteiger partial charge on any atom is -0.330 e. The van der Waals surface area contributed by atoms with Crippen molar-refractivity contribution in [2.45, 2.75) is 96.8 Å². The van der Waals surface area contributed by atoms with Gasteiger partial charge in [-0.25, -0.2) is 0 Å². The van der Waals surface area contributed by atoms with Crippen LogP contribution in [0.15, 0.2) is 12.2 Å². The van der Waals surface area contributed by atoms with E-state index in [2.05, 4.69) is 19.1 Å². The molecule has 0 amide bonds. The SMILES string of the molecule is CCCCCCCC/C=C\CCCCCCCCN.[Ti]. The van der Waals surface area contributed by atoms with Crippen LogP contribution in [0.1, 0.15) is 96.8 Å². The van der Waals surface area contributed by atoms with E-state index in [1.54, 1.807) is 0 Å². The predicted octanol–water partition coefficient (Wildman–Crippen LogP) is 5.98. The molecule has 0 saturated heterocycles. The smallest absolute Gasteiger partial charge is 0 e. The third kappa shape index (κ3) is 20.7. The molecule has 0 aliphatic carbocycles. The van der Waals surface area contributed by atoms with Gasteiger partial charge in [0.05, 0.1) is 0 Å². The molecule has 0 saturated carbocycles. The average Bonchev–Trinajstić information content (AvgIpc) is 2.43. The molecule has 0 aromatic rings. The molecule has 0 radical (unpaired) electrons. The van der Waals surface area contributed by atoms with Crippen molar-refractivity contribution in [3.05, 3.63) is 12.2 Å². The quantitative estimate of drug-likeness (QED) is 0.224. The molecule has 0 aliphatic rings. The molecule has 0 bridgehead atoms. The van der Waals surface area contributed by atoms with Crippen LogP contribution in [-0.4, -0.2) is 6.54 Å². The largest absolute Gasteiger partial charge is 0.330 e. The molecule has 118 valence electrons. The molecule has 2 N–H and O–H groups in total. The number of unbranched alkanes of at least 4 members (excludes halogenated alkanes) is 12. The van der Waals surface area contributed by atoms with Crippen molar-refractivity contribution in [1.29, 1.82) is 0 Å². The van der Waals surface area contributed by atoms with E-state index >= 15 is 0 Å². The third-order valence-corrected chi connectivity index (χ3v) is 3.72. The number of hydrogen-bond donors (Lipinski definition) is 1. The molecule has 0 rings (SSSR count). The standard InChI is InChI=1S/C18H37N.Ti/c1-2-3-4-5-6-7-8-9-10-11-12-13-14-15-16-17-18-19;/h9-10H,2-8,11-19H2,1H3;/b10-9-;. The summed E-state index contributed by atoms with van der Waals surface area (Å²) in [6.07, 6.45) is 23.9. The van der Waals surface area contributed by atoms with Crippen LogP contribution in [0, 0.1) is 0 Å². The second-order valence-electron chi connectivity index (χ2n) is 5.73. The van der Waals surface area contributed by atoms with E-state index in [0.29, 0.717) is 0 Å². The molecule has 0 spiro atoms. The van der Waals surface area contributed by atoms with Gasteiger partial charge in [0.25, 0.3) is 0 Å². The Hall–Kier alpha value is 0.414. The van der Waals surface area contributed by atoms with Gasteiger partial charge in [-0.1, -0.05) is 76.9 Å². The van der Waals surface area contributed by atoms with Crippen molar-refractivity contribution in [3.63, 3.8) is 0 Å². The summed E-state index contributed by atoms with van der Waals surface area (Å²) in [5, 5.41) is 0. The molecule has 20 heavy (non-hydrogen) atoms. The van der Waals surface area contributed by atoms with E-state index in [9.17, 15) is 0 Å². The fraction of sp³-hybridized carbons (Fsp3) is 0.889. The molecular weight excluding hydrogens is 278 g/mol. The van der Waals surface area contributed by atoms with Gasteiger partial charge >= 0.3 is 0 Å². The summed E-state index contributed by atoms with van der Waals surface area (Å²) in [7, 11) is 0. The van der Waals surface area contributed by atoms with Crippen molar-refractivity contribution >= 4 is 0 Å². The van der Waals surface area contributed by atoms with Crippen molar-refractivity contribution in [1.82, 2.24) is 0 Å². The maximum atomic E-state index is 5.47. The van der Waals surface area contributed by atoms with Gasteiger partial charge in [-0.05, 0) is 38.6 Å². The molecular formula is C18H37NTi. The van der Waals surface area contributed by atoms with Gasteiger partial charge in [0.15, 0.2) is 0 Å². The Morgan fingerprint density at radius 3 is 1.45 bits per heavy atom. The predicted molar refractivity (Wildman–Crippen MR) is 88.5 cm³/mol. The second kappa shape index (κ2) is 21.7. The summed E-state index contributed by atoms with van der Waals surface area (Å²) in [5.74, 6) is 0. The van der Waals surface area contributed by atoms with Crippen molar-refractivity contribution < 1.29 is 21.7 Å². The van der Waals surface area contributed by atoms with Crippen LogP contribution in [0.5, 0.6) is 0 Å². The Bertz CT molecular complexity index is 180. The molecule has 0 atom stereocenters. The summed E-state index contributed by atoms with van der Waals surface area (Å²) >= 11 is 0. The number of nitrogens with two attached hydrogens (primary N) is 1. The first-order chi connectivity index (χ1) is 9.41. The molecule has 0 aliphatic heterocycles. The summed E-state index contributed by atoms with van der Waals surface area (Å²) in [4.78, 5) is 0. The first-order valence-corrected chi connectivity index (χ1v) is 8.77. The van der Waals surface area contributed by atoms with Gasteiger partial charge in [-0.15, -0.1) is 0 Å². The van der Waals surface area contributed by atoms with E-state index in [0.717, 1.165) is 6.54 Å². The monoisotopic (exact) mass is 315 g/mol. The molecule has 0 fully saturated rings. The summed E-state index contributed by atoms with van der Waals surface area (Å²) in [5.41, 5.74) is 5.47. The molecule has 2 heteroatoms. The van der Waals surface area contributed by atoms with Gasteiger partial charge < -0.3 is 5.73 Å². The zero-order valence-electron chi connectivity index (χ0n) is 13.8. The van der Waals surface area contributed by atoms with E-state index in [1.807, 2.05) is 0 Å². The van der Waals surface area contributed by atoms with E-state index < -0.39 is 0 Å². The first kappa shape index (κ1) is 22.7. The Morgan fingerprint density at radius 1 is 0.600 bits per heavy atom. The maximum Gasteiger partial charge on any atom is 0 e. The molecule has 0 heterocycles. The maximum absolute atomic E-state index is 5.47.